The van der Waals surface area contributed by atoms with Crippen molar-refractivity contribution in [3.63, 3.8) is 0 Å². The fourth-order valence-corrected chi connectivity index (χ4v) is 3.05. The molecule has 1 aliphatic rings. The first kappa shape index (κ1) is 18.6. The van der Waals surface area contributed by atoms with Crippen molar-refractivity contribution in [3.8, 4) is 0 Å². The summed E-state index contributed by atoms with van der Waals surface area (Å²) in [5.41, 5.74) is -0.515. The van der Waals surface area contributed by atoms with Crippen molar-refractivity contribution in [1.82, 2.24) is 9.47 Å². The predicted octanol–water partition coefficient (Wildman–Crippen LogP) is 2.36. The number of nitrogens with zero attached hydrogens (tertiary/aromatic N) is 2. The highest BCUT2D eigenvalue weighted by atomic mass is 19.1. The number of carboxylic acids is 1. The standard InChI is InChI=1S/C19H20FN3O4/c1-19(17(25)26)8-10-23(12-19)18(27)21-15-3-2-9-22(16(15)24)11-13-4-6-14(20)7-5-13/h2-7,9H,8,10-12H2,1H3,(H,21,27)(H,25,26). The number of halogens is 1. The van der Waals surface area contributed by atoms with Gasteiger partial charge in [0.15, 0.2) is 0 Å². The summed E-state index contributed by atoms with van der Waals surface area (Å²) in [6, 6.07) is 8.43. The zero-order valence-corrected chi connectivity index (χ0v) is 14.8. The van der Waals surface area contributed by atoms with Crippen LogP contribution in [0.4, 0.5) is 14.9 Å². The summed E-state index contributed by atoms with van der Waals surface area (Å²) < 4.78 is 14.4. The second-order valence-corrected chi connectivity index (χ2v) is 6.95. The topological polar surface area (TPSA) is 91.6 Å². The van der Waals surface area contributed by atoms with Gasteiger partial charge in [-0.3, -0.25) is 9.59 Å². The lowest BCUT2D eigenvalue weighted by Gasteiger charge is -2.20. The van der Waals surface area contributed by atoms with E-state index in [0.717, 1.165) is 5.56 Å². The number of aliphatic carboxylic acids is 1. The van der Waals surface area contributed by atoms with E-state index in [2.05, 4.69) is 5.32 Å². The maximum absolute atomic E-state index is 13.0. The van der Waals surface area contributed by atoms with Gasteiger partial charge in [-0.15, -0.1) is 0 Å². The Bertz CT molecular complexity index is 925. The van der Waals surface area contributed by atoms with Gasteiger partial charge in [-0.1, -0.05) is 12.1 Å². The van der Waals surface area contributed by atoms with Crippen molar-refractivity contribution < 1.29 is 19.1 Å². The van der Waals surface area contributed by atoms with Gasteiger partial charge in [0.2, 0.25) is 0 Å². The third-order valence-electron chi connectivity index (χ3n) is 4.80. The molecule has 1 aliphatic heterocycles. The van der Waals surface area contributed by atoms with Gasteiger partial charge in [-0.05, 0) is 43.2 Å². The fraction of sp³-hybridized carbons (Fsp3) is 0.316. The Morgan fingerprint density at radius 2 is 1.96 bits per heavy atom. The first-order valence-electron chi connectivity index (χ1n) is 8.52. The van der Waals surface area contributed by atoms with Gasteiger partial charge in [0, 0.05) is 19.3 Å². The van der Waals surface area contributed by atoms with Crippen LogP contribution in [0.5, 0.6) is 0 Å². The number of amides is 2. The van der Waals surface area contributed by atoms with E-state index in [-0.39, 0.29) is 24.6 Å². The zero-order chi connectivity index (χ0) is 19.6. The van der Waals surface area contributed by atoms with Gasteiger partial charge in [0.05, 0.1) is 12.0 Å². The molecule has 1 unspecified atom stereocenters. The number of aromatic nitrogens is 1. The molecular formula is C19H20FN3O4. The maximum atomic E-state index is 13.0. The highest BCUT2D eigenvalue weighted by molar-refractivity contribution is 5.90. The van der Waals surface area contributed by atoms with E-state index in [9.17, 15) is 23.9 Å². The number of hydrogen-bond acceptors (Lipinski definition) is 3. The first-order valence-corrected chi connectivity index (χ1v) is 8.52. The van der Waals surface area contributed by atoms with Crippen LogP contribution in [-0.4, -0.2) is 39.7 Å². The number of anilines is 1. The van der Waals surface area contributed by atoms with Gasteiger partial charge < -0.3 is 19.9 Å². The predicted molar refractivity (Wildman–Crippen MR) is 97.2 cm³/mol. The van der Waals surface area contributed by atoms with Gasteiger partial charge in [0.1, 0.15) is 11.5 Å². The molecule has 0 saturated carbocycles. The Morgan fingerprint density at radius 1 is 1.26 bits per heavy atom. The van der Waals surface area contributed by atoms with Crippen molar-refractivity contribution in [2.24, 2.45) is 5.41 Å². The van der Waals surface area contributed by atoms with Gasteiger partial charge in [-0.2, -0.15) is 0 Å². The molecule has 2 heterocycles. The van der Waals surface area contributed by atoms with Crippen LogP contribution in [0.3, 0.4) is 0 Å². The van der Waals surface area contributed by atoms with Gasteiger partial charge in [-0.25, -0.2) is 9.18 Å². The molecule has 7 nitrogen and oxygen atoms in total. The minimum Gasteiger partial charge on any atom is -0.481 e. The summed E-state index contributed by atoms with van der Waals surface area (Å²) in [4.78, 5) is 37.7. The summed E-state index contributed by atoms with van der Waals surface area (Å²) in [5, 5.41) is 11.8. The molecule has 0 bridgehead atoms. The summed E-state index contributed by atoms with van der Waals surface area (Å²) in [7, 11) is 0. The number of carboxylic acid groups (broad SMARTS) is 1. The third-order valence-corrected chi connectivity index (χ3v) is 4.80. The number of likely N-dealkylation sites (tertiary alicyclic amines) is 1. The van der Waals surface area contributed by atoms with Gasteiger partial charge >= 0.3 is 12.0 Å². The molecule has 0 radical (unpaired) electrons. The first-order chi connectivity index (χ1) is 12.8. The smallest absolute Gasteiger partial charge is 0.322 e. The summed E-state index contributed by atoms with van der Waals surface area (Å²) in [6.07, 6.45) is 1.94. The largest absolute Gasteiger partial charge is 0.481 e. The number of nitrogens with one attached hydrogen (secondary N) is 1. The number of pyridine rings is 1. The molecule has 142 valence electrons. The van der Waals surface area contributed by atoms with Crippen LogP contribution in [0, 0.1) is 11.2 Å². The van der Waals surface area contributed by atoms with Crippen LogP contribution >= 0.6 is 0 Å². The van der Waals surface area contributed by atoms with E-state index in [1.54, 1.807) is 31.3 Å². The minimum atomic E-state index is -0.975. The number of carbonyl (C=O) groups is 2. The van der Waals surface area contributed by atoms with E-state index in [1.165, 1.54) is 27.7 Å². The highest BCUT2D eigenvalue weighted by Gasteiger charge is 2.42. The Kier molecular flexibility index (Phi) is 4.98. The molecule has 0 aliphatic carbocycles. The molecule has 3 rings (SSSR count). The molecule has 1 fully saturated rings. The van der Waals surface area contributed by atoms with E-state index >= 15 is 0 Å². The van der Waals surface area contributed by atoms with Crippen LogP contribution in [-0.2, 0) is 11.3 Å². The number of rotatable bonds is 4. The van der Waals surface area contributed by atoms with Crippen LogP contribution in [0.25, 0.3) is 0 Å². The Morgan fingerprint density at radius 3 is 2.59 bits per heavy atom. The quantitative estimate of drug-likeness (QED) is 0.861. The van der Waals surface area contributed by atoms with E-state index < -0.39 is 23.0 Å². The molecule has 1 aromatic heterocycles. The second kappa shape index (κ2) is 7.22. The number of urea groups is 1. The Balaban J connectivity index is 1.72. The molecule has 1 aromatic carbocycles. The van der Waals surface area contributed by atoms with E-state index in [0.29, 0.717) is 13.0 Å². The fourth-order valence-electron chi connectivity index (χ4n) is 3.05. The molecule has 1 saturated heterocycles. The van der Waals surface area contributed by atoms with Crippen molar-refractivity contribution in [2.45, 2.75) is 19.9 Å². The minimum absolute atomic E-state index is 0.0881. The van der Waals surface area contributed by atoms with Crippen LogP contribution < -0.4 is 10.9 Å². The Hall–Kier alpha value is -3.16. The molecule has 2 N–H and O–H groups in total. The molecule has 0 spiro atoms. The molecule has 1 atom stereocenters. The Labute approximate surface area is 155 Å². The lowest BCUT2D eigenvalue weighted by Crippen LogP contribution is -2.38. The number of carbonyl (C=O) groups excluding carboxylic acids is 1. The van der Waals surface area contributed by atoms with Crippen molar-refractivity contribution in [2.75, 3.05) is 18.4 Å². The number of benzene rings is 1. The van der Waals surface area contributed by atoms with Crippen LogP contribution in [0.15, 0.2) is 47.4 Å². The zero-order valence-electron chi connectivity index (χ0n) is 14.8. The maximum Gasteiger partial charge on any atom is 0.322 e. The molecule has 27 heavy (non-hydrogen) atoms. The monoisotopic (exact) mass is 373 g/mol. The average molecular weight is 373 g/mol. The number of hydrogen-bond donors (Lipinski definition) is 2. The van der Waals surface area contributed by atoms with Crippen molar-refractivity contribution >= 4 is 17.7 Å². The summed E-state index contributed by atoms with van der Waals surface area (Å²) in [5.74, 6) is -1.30. The van der Waals surface area contributed by atoms with Crippen LogP contribution in [0.1, 0.15) is 18.9 Å². The highest BCUT2D eigenvalue weighted by Crippen LogP contribution is 2.30. The van der Waals surface area contributed by atoms with E-state index in [4.69, 9.17) is 0 Å². The average Bonchev–Trinajstić information content (AvgIpc) is 3.04. The summed E-state index contributed by atoms with van der Waals surface area (Å²) >= 11 is 0. The van der Waals surface area contributed by atoms with Crippen molar-refractivity contribution in [1.29, 1.82) is 0 Å². The lowest BCUT2D eigenvalue weighted by molar-refractivity contribution is -0.146. The molecule has 2 amide bonds. The van der Waals surface area contributed by atoms with E-state index in [1.807, 2.05) is 0 Å². The second-order valence-electron chi connectivity index (χ2n) is 6.95. The summed E-state index contributed by atoms with van der Waals surface area (Å²) in [6.45, 7) is 2.24. The SMILES string of the molecule is CC1(C(=O)O)CCN(C(=O)Nc2cccn(Cc3ccc(F)cc3)c2=O)C1. The van der Waals surface area contributed by atoms with Gasteiger partial charge in [0.25, 0.3) is 5.56 Å². The third kappa shape index (κ3) is 3.99. The normalized spacial score (nSPS) is 19.1. The molecule has 2 aromatic rings. The molecule has 8 heteroatoms. The molecular weight excluding hydrogens is 353 g/mol. The van der Waals surface area contributed by atoms with Crippen molar-refractivity contribution in [3.05, 3.63) is 64.3 Å². The lowest BCUT2D eigenvalue weighted by atomic mass is 9.90. The van der Waals surface area contributed by atoms with Crippen LogP contribution in [0.2, 0.25) is 0 Å².